The summed E-state index contributed by atoms with van der Waals surface area (Å²) >= 11 is 18.5. The van der Waals surface area contributed by atoms with Crippen molar-refractivity contribution in [1.82, 2.24) is 10.2 Å². The first-order valence-electron chi connectivity index (χ1n) is 11.0. The molecule has 2 atom stereocenters. The van der Waals surface area contributed by atoms with Crippen molar-refractivity contribution >= 4 is 52.4 Å². The molecule has 1 saturated heterocycles. The third-order valence-electron chi connectivity index (χ3n) is 6.42. The number of nitrogens with one attached hydrogen (secondary N) is 2. The van der Waals surface area contributed by atoms with Gasteiger partial charge in [0.25, 0.3) is 5.91 Å². The van der Waals surface area contributed by atoms with Gasteiger partial charge in [-0.2, -0.15) is 0 Å². The summed E-state index contributed by atoms with van der Waals surface area (Å²) in [7, 11) is 0. The van der Waals surface area contributed by atoms with E-state index in [1.54, 1.807) is 36.4 Å². The number of piperidine rings is 1. The molecule has 32 heavy (non-hydrogen) atoms. The molecule has 4 rings (SSSR count). The van der Waals surface area contributed by atoms with Crippen LogP contribution in [0.25, 0.3) is 0 Å². The molecule has 2 aromatic rings. The van der Waals surface area contributed by atoms with E-state index >= 15 is 0 Å². The SMILES string of the molecule is O=C(NCc1ccc(Cl)cc1Cl)Nc1ccc(C(=O)N2CCC[C@H]3CCCC[C@H]32)c(Cl)c1. The van der Waals surface area contributed by atoms with Crippen LogP contribution in [0.2, 0.25) is 15.1 Å². The van der Waals surface area contributed by atoms with Crippen LogP contribution in [0.1, 0.15) is 54.4 Å². The molecule has 1 heterocycles. The zero-order valence-corrected chi connectivity index (χ0v) is 19.9. The lowest BCUT2D eigenvalue weighted by Crippen LogP contribution is -2.49. The standard InChI is InChI=1S/C24H26Cl3N3O2/c25-17-8-7-16(20(26)12-17)14-28-24(32)29-18-9-10-19(21(27)13-18)23(31)30-11-3-5-15-4-1-2-6-22(15)30/h7-10,12-13,15,22H,1-6,11,14H2,(H2,28,29,32)/t15-,22-/m1/s1. The van der Waals surface area contributed by atoms with Crippen molar-refractivity contribution < 1.29 is 9.59 Å². The van der Waals surface area contributed by atoms with Crippen molar-refractivity contribution in [1.29, 1.82) is 0 Å². The molecule has 170 valence electrons. The summed E-state index contributed by atoms with van der Waals surface area (Å²) in [6.45, 7) is 1.04. The summed E-state index contributed by atoms with van der Waals surface area (Å²) in [5, 5.41) is 6.86. The number of carbonyl (C=O) groups excluding carboxylic acids is 2. The summed E-state index contributed by atoms with van der Waals surface area (Å²) in [6, 6.07) is 10.1. The van der Waals surface area contributed by atoms with E-state index in [-0.39, 0.29) is 12.5 Å². The van der Waals surface area contributed by atoms with Gasteiger partial charge in [0, 0.05) is 34.9 Å². The second-order valence-corrected chi connectivity index (χ2v) is 9.74. The Balaban J connectivity index is 1.38. The minimum absolute atomic E-state index is 0.0139. The van der Waals surface area contributed by atoms with Gasteiger partial charge in [0.05, 0.1) is 10.6 Å². The zero-order valence-electron chi connectivity index (χ0n) is 17.7. The molecule has 3 amide bonds. The Labute approximate surface area is 203 Å². The Morgan fingerprint density at radius 1 is 0.938 bits per heavy atom. The zero-order chi connectivity index (χ0) is 22.7. The Kier molecular flexibility index (Phi) is 7.49. The molecule has 0 aromatic heterocycles. The van der Waals surface area contributed by atoms with Gasteiger partial charge in [0.15, 0.2) is 0 Å². The first kappa shape index (κ1) is 23.2. The molecule has 0 radical (unpaired) electrons. The molecule has 1 aliphatic carbocycles. The highest BCUT2D eigenvalue weighted by molar-refractivity contribution is 6.35. The summed E-state index contributed by atoms with van der Waals surface area (Å²) < 4.78 is 0. The highest BCUT2D eigenvalue weighted by atomic mass is 35.5. The molecule has 1 saturated carbocycles. The van der Waals surface area contributed by atoms with Gasteiger partial charge in [-0.25, -0.2) is 4.79 Å². The molecule has 2 fully saturated rings. The summed E-state index contributed by atoms with van der Waals surface area (Å²) in [4.78, 5) is 27.6. The Morgan fingerprint density at radius 3 is 2.50 bits per heavy atom. The van der Waals surface area contributed by atoms with Crippen LogP contribution in [0.4, 0.5) is 10.5 Å². The molecule has 5 nitrogen and oxygen atoms in total. The van der Waals surface area contributed by atoms with Crippen LogP contribution < -0.4 is 10.6 Å². The number of anilines is 1. The number of hydrogen-bond acceptors (Lipinski definition) is 2. The van der Waals surface area contributed by atoms with E-state index < -0.39 is 6.03 Å². The fraction of sp³-hybridized carbons (Fsp3) is 0.417. The minimum atomic E-state index is -0.396. The van der Waals surface area contributed by atoms with Crippen LogP contribution in [-0.4, -0.2) is 29.4 Å². The van der Waals surface area contributed by atoms with Crippen LogP contribution in [0.15, 0.2) is 36.4 Å². The number of hydrogen-bond donors (Lipinski definition) is 2. The molecule has 1 aliphatic heterocycles. The number of nitrogens with zero attached hydrogens (tertiary/aromatic N) is 1. The average Bonchev–Trinajstić information content (AvgIpc) is 2.78. The van der Waals surface area contributed by atoms with Crippen molar-refractivity contribution in [2.45, 2.75) is 51.1 Å². The average molecular weight is 495 g/mol. The van der Waals surface area contributed by atoms with E-state index in [0.29, 0.717) is 38.3 Å². The van der Waals surface area contributed by atoms with Gasteiger partial charge in [-0.1, -0.05) is 53.7 Å². The van der Waals surface area contributed by atoms with Gasteiger partial charge in [-0.3, -0.25) is 4.79 Å². The number of amides is 3. The van der Waals surface area contributed by atoms with Crippen molar-refractivity contribution in [2.24, 2.45) is 5.92 Å². The van der Waals surface area contributed by atoms with E-state index in [2.05, 4.69) is 10.6 Å². The van der Waals surface area contributed by atoms with Gasteiger partial charge >= 0.3 is 6.03 Å². The van der Waals surface area contributed by atoms with E-state index in [4.69, 9.17) is 34.8 Å². The number of rotatable bonds is 4. The predicted molar refractivity (Wildman–Crippen MR) is 130 cm³/mol. The van der Waals surface area contributed by atoms with E-state index in [1.807, 2.05) is 4.90 Å². The summed E-state index contributed by atoms with van der Waals surface area (Å²) in [5.41, 5.74) is 1.75. The predicted octanol–water partition coefficient (Wildman–Crippen LogP) is 6.76. The van der Waals surface area contributed by atoms with Crippen LogP contribution in [0, 0.1) is 5.92 Å². The van der Waals surface area contributed by atoms with Gasteiger partial charge in [-0.05, 0) is 67.5 Å². The third kappa shape index (κ3) is 5.33. The monoisotopic (exact) mass is 493 g/mol. The van der Waals surface area contributed by atoms with Crippen LogP contribution in [0.3, 0.4) is 0 Å². The number of benzene rings is 2. The molecule has 2 N–H and O–H groups in total. The molecule has 2 aromatic carbocycles. The van der Waals surface area contributed by atoms with E-state index in [0.717, 1.165) is 24.9 Å². The van der Waals surface area contributed by atoms with E-state index in [9.17, 15) is 9.59 Å². The maximum Gasteiger partial charge on any atom is 0.319 e. The first-order valence-corrected chi connectivity index (χ1v) is 12.1. The maximum atomic E-state index is 13.2. The molecule has 0 bridgehead atoms. The molecule has 8 heteroatoms. The Morgan fingerprint density at radius 2 is 1.72 bits per heavy atom. The van der Waals surface area contributed by atoms with Gasteiger partial charge < -0.3 is 15.5 Å². The normalized spacial score (nSPS) is 20.4. The fourth-order valence-corrected chi connectivity index (χ4v) is 5.55. The quantitative estimate of drug-likeness (QED) is 0.493. The smallest absolute Gasteiger partial charge is 0.319 e. The number of likely N-dealkylation sites (tertiary alicyclic amines) is 1. The highest BCUT2D eigenvalue weighted by Crippen LogP contribution is 2.36. The summed E-state index contributed by atoms with van der Waals surface area (Å²) in [6.07, 6.45) is 6.98. The molecular weight excluding hydrogens is 469 g/mol. The number of fused-ring (bicyclic) bond motifs is 1. The van der Waals surface area contributed by atoms with Crippen molar-refractivity contribution in [2.75, 3.05) is 11.9 Å². The van der Waals surface area contributed by atoms with Crippen LogP contribution >= 0.6 is 34.8 Å². The molecule has 0 spiro atoms. The lowest BCUT2D eigenvalue weighted by molar-refractivity contribution is 0.0391. The Hall–Kier alpha value is -1.95. The minimum Gasteiger partial charge on any atom is -0.335 e. The highest BCUT2D eigenvalue weighted by Gasteiger charge is 2.36. The van der Waals surface area contributed by atoms with Gasteiger partial charge in [0.2, 0.25) is 0 Å². The molecular formula is C24H26Cl3N3O2. The number of urea groups is 1. The number of halogens is 3. The van der Waals surface area contributed by atoms with Crippen molar-refractivity contribution in [3.05, 3.63) is 62.6 Å². The number of carbonyl (C=O) groups is 2. The van der Waals surface area contributed by atoms with Gasteiger partial charge in [-0.15, -0.1) is 0 Å². The molecule has 2 aliphatic rings. The third-order valence-corrected chi connectivity index (χ3v) is 7.32. The van der Waals surface area contributed by atoms with Crippen LogP contribution in [0.5, 0.6) is 0 Å². The lowest BCUT2D eigenvalue weighted by Gasteiger charge is -2.44. The van der Waals surface area contributed by atoms with Crippen molar-refractivity contribution in [3.8, 4) is 0 Å². The topological polar surface area (TPSA) is 61.4 Å². The first-order chi connectivity index (χ1) is 15.4. The Bertz CT molecular complexity index is 1010. The van der Waals surface area contributed by atoms with Crippen LogP contribution in [-0.2, 0) is 6.54 Å². The van der Waals surface area contributed by atoms with Crippen molar-refractivity contribution in [3.63, 3.8) is 0 Å². The fourth-order valence-electron chi connectivity index (χ4n) is 4.81. The molecule has 0 unspecified atom stereocenters. The van der Waals surface area contributed by atoms with Gasteiger partial charge in [0.1, 0.15) is 0 Å². The second kappa shape index (κ2) is 10.3. The summed E-state index contributed by atoms with van der Waals surface area (Å²) in [5.74, 6) is 0.596. The maximum absolute atomic E-state index is 13.2. The lowest BCUT2D eigenvalue weighted by atomic mass is 9.78. The second-order valence-electron chi connectivity index (χ2n) is 8.49. The largest absolute Gasteiger partial charge is 0.335 e. The van der Waals surface area contributed by atoms with E-state index in [1.165, 1.54) is 25.7 Å².